The minimum atomic E-state index is -4.28. The fourth-order valence-corrected chi connectivity index (χ4v) is 1.48. The van der Waals surface area contributed by atoms with Crippen LogP contribution in [-0.4, -0.2) is 43.8 Å². The molecular weight excluding hydrogens is 213 g/mol. The van der Waals surface area contributed by atoms with Crippen molar-refractivity contribution in [3.8, 4) is 0 Å². The Morgan fingerprint density at radius 1 is 1.40 bits per heavy atom. The zero-order valence-electron chi connectivity index (χ0n) is 8.29. The van der Waals surface area contributed by atoms with Gasteiger partial charge in [-0.3, -0.25) is 0 Å². The number of ether oxygens (including phenoxy) is 2. The molecule has 1 N–H and O–H groups in total. The van der Waals surface area contributed by atoms with Crippen molar-refractivity contribution in [1.82, 2.24) is 0 Å². The van der Waals surface area contributed by atoms with Gasteiger partial charge in [-0.15, -0.1) is 0 Å². The maximum absolute atomic E-state index is 11.7. The molecule has 0 aromatic rings. The highest BCUT2D eigenvalue weighted by Crippen LogP contribution is 2.19. The summed E-state index contributed by atoms with van der Waals surface area (Å²) in [6, 6.07) is 0. The summed E-state index contributed by atoms with van der Waals surface area (Å²) in [5.41, 5.74) is 0. The molecule has 1 aliphatic heterocycles. The summed E-state index contributed by atoms with van der Waals surface area (Å²) in [6.45, 7) is -0.307. The van der Waals surface area contributed by atoms with E-state index in [0.717, 1.165) is 0 Å². The molecule has 1 aliphatic rings. The lowest BCUT2D eigenvalue weighted by atomic mass is 9.96. The summed E-state index contributed by atoms with van der Waals surface area (Å²) in [5, 5.41) is 9.47. The average molecular weight is 228 g/mol. The van der Waals surface area contributed by atoms with Gasteiger partial charge in [0.2, 0.25) is 0 Å². The molecule has 1 saturated heterocycles. The largest absolute Gasteiger partial charge is 0.411 e. The van der Waals surface area contributed by atoms with Crippen LogP contribution in [-0.2, 0) is 9.47 Å². The molecule has 0 amide bonds. The maximum Gasteiger partial charge on any atom is 0.411 e. The zero-order valence-corrected chi connectivity index (χ0v) is 8.29. The Kier molecular flexibility index (Phi) is 4.82. The van der Waals surface area contributed by atoms with Crippen LogP contribution in [0.2, 0.25) is 0 Å². The summed E-state index contributed by atoms with van der Waals surface area (Å²) in [7, 11) is 0. The summed E-state index contributed by atoms with van der Waals surface area (Å²) in [6.07, 6.45) is -3.81. The average Bonchev–Trinajstić information content (AvgIpc) is 2.13. The van der Waals surface area contributed by atoms with Crippen molar-refractivity contribution in [2.75, 3.05) is 26.4 Å². The van der Waals surface area contributed by atoms with Gasteiger partial charge in [-0.1, -0.05) is 0 Å². The third-order valence-corrected chi connectivity index (χ3v) is 2.33. The van der Waals surface area contributed by atoms with Crippen molar-refractivity contribution in [2.45, 2.75) is 25.1 Å². The third kappa shape index (κ3) is 5.34. The van der Waals surface area contributed by atoms with E-state index in [1.807, 2.05) is 0 Å². The van der Waals surface area contributed by atoms with Gasteiger partial charge in [-0.2, -0.15) is 13.2 Å². The normalized spacial score (nSPS) is 28.0. The first-order chi connectivity index (χ1) is 6.99. The lowest BCUT2D eigenvalue weighted by Crippen LogP contribution is -2.32. The molecule has 0 radical (unpaired) electrons. The number of hydrogen-bond donors (Lipinski definition) is 1. The fraction of sp³-hybridized carbons (Fsp3) is 1.00. The number of alkyl halides is 3. The first kappa shape index (κ1) is 12.7. The van der Waals surface area contributed by atoms with Gasteiger partial charge >= 0.3 is 6.18 Å². The van der Waals surface area contributed by atoms with Gasteiger partial charge in [-0.05, 0) is 12.8 Å². The van der Waals surface area contributed by atoms with E-state index in [4.69, 9.17) is 4.74 Å². The van der Waals surface area contributed by atoms with Crippen molar-refractivity contribution < 1.29 is 27.8 Å². The van der Waals surface area contributed by atoms with Gasteiger partial charge in [0, 0.05) is 19.1 Å². The van der Waals surface area contributed by atoms with E-state index in [-0.39, 0.29) is 12.5 Å². The van der Waals surface area contributed by atoms with Crippen LogP contribution in [0.4, 0.5) is 13.2 Å². The lowest BCUT2D eigenvalue weighted by molar-refractivity contribution is -0.175. The first-order valence-electron chi connectivity index (χ1n) is 4.89. The molecule has 0 bridgehead atoms. The van der Waals surface area contributed by atoms with E-state index < -0.39 is 18.9 Å². The highest BCUT2D eigenvalue weighted by Gasteiger charge is 2.28. The van der Waals surface area contributed by atoms with Crippen LogP contribution < -0.4 is 0 Å². The summed E-state index contributed by atoms with van der Waals surface area (Å²) in [5.74, 6) is -0.105. The molecule has 1 heterocycles. The monoisotopic (exact) mass is 228 g/mol. The number of aliphatic hydroxyl groups is 1. The van der Waals surface area contributed by atoms with Gasteiger partial charge in [-0.25, -0.2) is 0 Å². The van der Waals surface area contributed by atoms with Crippen LogP contribution in [0.5, 0.6) is 0 Å². The number of halogens is 3. The van der Waals surface area contributed by atoms with Crippen LogP contribution in [0.1, 0.15) is 12.8 Å². The standard InChI is InChI=1S/C9H15F3O3/c10-9(11,12)6-15-3-1-7-5-14-4-2-8(7)13/h7-8,13H,1-6H2. The number of aliphatic hydroxyl groups excluding tert-OH is 1. The number of hydrogen-bond acceptors (Lipinski definition) is 3. The van der Waals surface area contributed by atoms with Crippen molar-refractivity contribution >= 4 is 0 Å². The van der Waals surface area contributed by atoms with Crippen LogP contribution in [0, 0.1) is 5.92 Å². The Morgan fingerprint density at radius 2 is 2.13 bits per heavy atom. The van der Waals surface area contributed by atoms with Crippen LogP contribution in [0.15, 0.2) is 0 Å². The Morgan fingerprint density at radius 3 is 2.73 bits per heavy atom. The minimum absolute atomic E-state index is 0.00456. The molecule has 1 fully saturated rings. The quantitative estimate of drug-likeness (QED) is 0.738. The SMILES string of the molecule is OC1CCOCC1CCOCC(F)(F)F. The Balaban J connectivity index is 2.08. The van der Waals surface area contributed by atoms with Gasteiger partial charge in [0.15, 0.2) is 0 Å². The highest BCUT2D eigenvalue weighted by atomic mass is 19.4. The molecule has 2 unspecified atom stereocenters. The Hall–Kier alpha value is -0.330. The van der Waals surface area contributed by atoms with Gasteiger partial charge in [0.25, 0.3) is 0 Å². The molecule has 3 nitrogen and oxygen atoms in total. The van der Waals surface area contributed by atoms with E-state index in [1.54, 1.807) is 0 Å². The molecule has 90 valence electrons. The molecule has 0 aromatic heterocycles. The minimum Gasteiger partial charge on any atom is -0.393 e. The highest BCUT2D eigenvalue weighted by molar-refractivity contribution is 4.72. The number of rotatable bonds is 4. The van der Waals surface area contributed by atoms with Crippen molar-refractivity contribution in [1.29, 1.82) is 0 Å². The van der Waals surface area contributed by atoms with E-state index in [2.05, 4.69) is 4.74 Å². The molecule has 0 aromatic carbocycles. The predicted octanol–water partition coefficient (Wildman–Crippen LogP) is 1.35. The second-order valence-corrected chi connectivity index (χ2v) is 3.65. The maximum atomic E-state index is 11.7. The van der Waals surface area contributed by atoms with Crippen molar-refractivity contribution in [3.63, 3.8) is 0 Å². The van der Waals surface area contributed by atoms with Gasteiger partial charge < -0.3 is 14.6 Å². The smallest absolute Gasteiger partial charge is 0.393 e. The first-order valence-corrected chi connectivity index (χ1v) is 4.89. The molecule has 15 heavy (non-hydrogen) atoms. The summed E-state index contributed by atoms with van der Waals surface area (Å²) >= 11 is 0. The van der Waals surface area contributed by atoms with E-state index in [0.29, 0.717) is 26.1 Å². The van der Waals surface area contributed by atoms with E-state index >= 15 is 0 Å². The van der Waals surface area contributed by atoms with Crippen molar-refractivity contribution in [2.24, 2.45) is 5.92 Å². The van der Waals surface area contributed by atoms with E-state index in [1.165, 1.54) is 0 Å². The second kappa shape index (κ2) is 5.67. The zero-order chi connectivity index (χ0) is 11.3. The predicted molar refractivity (Wildman–Crippen MR) is 46.4 cm³/mol. The Labute approximate surface area is 86.2 Å². The fourth-order valence-electron chi connectivity index (χ4n) is 1.48. The molecule has 0 aliphatic carbocycles. The van der Waals surface area contributed by atoms with Crippen LogP contribution >= 0.6 is 0 Å². The summed E-state index contributed by atoms with van der Waals surface area (Å²) < 4.78 is 44.7. The molecule has 0 spiro atoms. The molecule has 0 saturated carbocycles. The topological polar surface area (TPSA) is 38.7 Å². The van der Waals surface area contributed by atoms with Crippen LogP contribution in [0.3, 0.4) is 0 Å². The van der Waals surface area contributed by atoms with Crippen LogP contribution in [0.25, 0.3) is 0 Å². The Bertz CT molecular complexity index is 184. The third-order valence-electron chi connectivity index (χ3n) is 2.33. The second-order valence-electron chi connectivity index (χ2n) is 3.65. The molecular formula is C9H15F3O3. The van der Waals surface area contributed by atoms with Gasteiger partial charge in [0.05, 0.1) is 12.7 Å². The summed E-state index contributed by atoms with van der Waals surface area (Å²) in [4.78, 5) is 0. The van der Waals surface area contributed by atoms with Gasteiger partial charge in [0.1, 0.15) is 6.61 Å². The van der Waals surface area contributed by atoms with Crippen molar-refractivity contribution in [3.05, 3.63) is 0 Å². The van der Waals surface area contributed by atoms with E-state index in [9.17, 15) is 18.3 Å². The molecule has 2 atom stereocenters. The molecule has 1 rings (SSSR count). The molecule has 6 heteroatoms. The lowest BCUT2D eigenvalue weighted by Gasteiger charge is -2.27.